The van der Waals surface area contributed by atoms with Crippen LogP contribution in [0.4, 0.5) is 28.9 Å². The van der Waals surface area contributed by atoms with E-state index in [1.165, 1.54) is 35.4 Å². The van der Waals surface area contributed by atoms with E-state index in [9.17, 15) is 17.6 Å². The number of hydrogen-bond donors (Lipinski definition) is 0. The molecule has 0 unspecified atom stereocenters. The summed E-state index contributed by atoms with van der Waals surface area (Å²) in [6.07, 6.45) is 1.04. The molecule has 0 amide bonds. The van der Waals surface area contributed by atoms with Crippen molar-refractivity contribution in [1.82, 2.24) is 0 Å². The van der Waals surface area contributed by atoms with Crippen LogP contribution in [0.1, 0.15) is 49.9 Å². The fourth-order valence-electron chi connectivity index (χ4n) is 5.30. The Labute approximate surface area is 329 Å². The van der Waals surface area contributed by atoms with E-state index in [4.69, 9.17) is 0 Å². The Kier molecular flexibility index (Phi) is 20.3. The van der Waals surface area contributed by atoms with Crippen LogP contribution in [0.25, 0.3) is 0 Å². The van der Waals surface area contributed by atoms with Crippen molar-refractivity contribution < 1.29 is 39.3 Å². The van der Waals surface area contributed by atoms with Crippen molar-refractivity contribution in [2.75, 3.05) is 22.9 Å². The summed E-state index contributed by atoms with van der Waals surface area (Å²) in [5.74, 6) is -2.50. The molecular formula is C46H50F4N2Ti. The van der Waals surface area contributed by atoms with Crippen molar-refractivity contribution in [2.45, 2.75) is 66.5 Å². The van der Waals surface area contributed by atoms with Crippen molar-refractivity contribution in [3.8, 4) is 0 Å². The number of nitrogens with zero attached hydrogens (tertiary/aromatic N) is 2. The number of hydrogen-bond acceptors (Lipinski definition) is 2. The summed E-state index contributed by atoms with van der Waals surface area (Å²) < 4.78 is 53.0. The molecule has 0 spiro atoms. The summed E-state index contributed by atoms with van der Waals surface area (Å²) in [4.78, 5) is 4.42. The van der Waals surface area contributed by atoms with Gasteiger partial charge in [-0.15, -0.1) is 35.4 Å². The first-order chi connectivity index (χ1) is 24.9. The summed E-state index contributed by atoms with van der Waals surface area (Å²) in [5, 5.41) is 0. The third-order valence-corrected chi connectivity index (χ3v) is 8.22. The summed E-state index contributed by atoms with van der Waals surface area (Å²) in [6.45, 7) is 13.9. The van der Waals surface area contributed by atoms with Crippen LogP contribution in [0.3, 0.4) is 0 Å². The van der Waals surface area contributed by atoms with Crippen LogP contribution in [-0.4, -0.2) is 25.2 Å². The van der Waals surface area contributed by atoms with Gasteiger partial charge in [0.1, 0.15) is 0 Å². The Morgan fingerprint density at radius 1 is 0.509 bits per heavy atom. The summed E-state index contributed by atoms with van der Waals surface area (Å²) >= 11 is 0. The van der Waals surface area contributed by atoms with Gasteiger partial charge in [-0.2, -0.15) is 48.5 Å². The fraction of sp³-hybridized carbons (Fsp3) is 0.261. The zero-order valence-corrected chi connectivity index (χ0v) is 33.2. The molecule has 7 heteroatoms. The molecular weight excluding hydrogens is 704 g/mol. The summed E-state index contributed by atoms with van der Waals surface area (Å²) in [5.41, 5.74) is 5.63. The molecule has 0 N–H and O–H groups in total. The Hall–Kier alpha value is -4.39. The Balaban J connectivity index is 0.000000285. The normalized spacial score (nSPS) is 10.2. The first-order valence-electron chi connectivity index (χ1n) is 17.7. The van der Waals surface area contributed by atoms with Crippen molar-refractivity contribution in [1.29, 1.82) is 0 Å². The van der Waals surface area contributed by atoms with Crippen LogP contribution in [0.5, 0.6) is 0 Å². The Morgan fingerprint density at radius 3 is 1.08 bits per heavy atom. The molecule has 53 heavy (non-hydrogen) atoms. The number of benzene rings is 4. The van der Waals surface area contributed by atoms with Gasteiger partial charge in [-0.05, 0) is 65.8 Å². The first kappa shape index (κ1) is 44.8. The molecule has 0 aliphatic carbocycles. The molecule has 0 saturated carbocycles. The molecule has 0 aliphatic rings. The Bertz CT molecular complexity index is 1630. The number of rotatable bonds is 10. The second kappa shape index (κ2) is 24.0. The van der Waals surface area contributed by atoms with Crippen molar-refractivity contribution in [3.63, 3.8) is 0 Å². The van der Waals surface area contributed by atoms with E-state index < -0.39 is 23.3 Å². The van der Waals surface area contributed by atoms with E-state index in [1.807, 2.05) is 74.5 Å². The van der Waals surface area contributed by atoms with Gasteiger partial charge in [-0.25, -0.2) is 41.8 Å². The molecule has 0 saturated heterocycles. The maximum absolute atomic E-state index is 13.6. The second-order valence-electron chi connectivity index (χ2n) is 13.0. The quantitative estimate of drug-likeness (QED) is 0.0781. The van der Waals surface area contributed by atoms with Crippen molar-refractivity contribution in [3.05, 3.63) is 191 Å². The maximum atomic E-state index is 13.6. The minimum absolute atomic E-state index is 0. The van der Waals surface area contributed by atoms with E-state index in [2.05, 4.69) is 98.2 Å². The van der Waals surface area contributed by atoms with E-state index in [0.29, 0.717) is 49.1 Å². The van der Waals surface area contributed by atoms with E-state index in [1.54, 1.807) is 0 Å². The van der Waals surface area contributed by atoms with E-state index >= 15 is 0 Å². The molecule has 0 bridgehead atoms. The average molecular weight is 755 g/mol. The van der Waals surface area contributed by atoms with Gasteiger partial charge in [-0.3, -0.25) is 0 Å². The molecule has 0 aromatic heterocycles. The molecule has 6 rings (SSSR count). The van der Waals surface area contributed by atoms with E-state index in [0.717, 1.165) is 11.4 Å². The third-order valence-electron chi connectivity index (χ3n) is 8.22. The van der Waals surface area contributed by atoms with Crippen molar-refractivity contribution >= 4 is 11.4 Å². The fourth-order valence-corrected chi connectivity index (χ4v) is 5.30. The van der Waals surface area contributed by atoms with Gasteiger partial charge in [0, 0.05) is 59.8 Å². The topological polar surface area (TPSA) is 6.48 Å². The van der Waals surface area contributed by atoms with Crippen LogP contribution < -0.4 is 9.80 Å². The van der Waals surface area contributed by atoms with Crippen LogP contribution in [0.2, 0.25) is 0 Å². The number of halogens is 4. The number of anilines is 2. The maximum Gasteiger partial charge on any atom is 4.00 e. The molecule has 0 radical (unpaired) electrons. The van der Waals surface area contributed by atoms with Gasteiger partial charge in [0.05, 0.1) is 0 Å². The SMILES string of the molecule is Cc1ccc(N(CCc2ccc(F)[c-]c2F)C(C)C)cc1.Cc1ccc(N(CCc2ccc(F)[c-]c2F)C(C)C)cc1.[Ti+4].c1cc[cH-]c1.c1cc[cH-]c1. The predicted octanol–water partition coefficient (Wildman–Crippen LogP) is 11.9. The Morgan fingerprint density at radius 2 is 0.830 bits per heavy atom. The third kappa shape index (κ3) is 16.4. The smallest absolute Gasteiger partial charge is 0.370 e. The standard InChI is InChI=1S/2C18H20F2N.2C5H5.Ti/c2*1-13(2)21(17-8-4-14(3)5-9-17)11-10-15-6-7-16(19)12-18(15)20;2*1-2-4-5-3-1;/h2*4-9,13H,10-11H2,1-3H3;2*1-5H;/q4*-1;+4. The second-order valence-corrected chi connectivity index (χ2v) is 13.0. The van der Waals surface area contributed by atoms with Gasteiger partial charge in [0.2, 0.25) is 0 Å². The molecule has 0 aliphatic heterocycles. The number of aryl methyl sites for hydroxylation is 2. The van der Waals surface area contributed by atoms with Gasteiger partial charge < -0.3 is 9.80 Å². The minimum atomic E-state index is -0.657. The average Bonchev–Trinajstić information content (AvgIpc) is 3.89. The van der Waals surface area contributed by atoms with Gasteiger partial charge in [0.15, 0.2) is 0 Å². The van der Waals surface area contributed by atoms with Gasteiger partial charge >= 0.3 is 21.7 Å². The van der Waals surface area contributed by atoms with Crippen LogP contribution in [0.15, 0.2) is 133 Å². The molecule has 2 nitrogen and oxygen atoms in total. The molecule has 0 heterocycles. The first-order valence-corrected chi connectivity index (χ1v) is 17.7. The monoisotopic (exact) mass is 754 g/mol. The molecule has 0 atom stereocenters. The van der Waals surface area contributed by atoms with Crippen LogP contribution in [0, 0.1) is 49.2 Å². The summed E-state index contributed by atoms with van der Waals surface area (Å²) in [7, 11) is 0. The van der Waals surface area contributed by atoms with Crippen LogP contribution >= 0.6 is 0 Å². The van der Waals surface area contributed by atoms with Crippen LogP contribution in [-0.2, 0) is 34.6 Å². The molecule has 276 valence electrons. The van der Waals surface area contributed by atoms with Gasteiger partial charge in [-0.1, -0.05) is 48.2 Å². The van der Waals surface area contributed by atoms with E-state index in [-0.39, 0.29) is 21.7 Å². The predicted molar refractivity (Wildman–Crippen MR) is 209 cm³/mol. The minimum Gasteiger partial charge on any atom is -0.370 e. The van der Waals surface area contributed by atoms with Crippen molar-refractivity contribution in [2.24, 2.45) is 0 Å². The molecule has 6 aromatic carbocycles. The zero-order chi connectivity index (χ0) is 37.9. The summed E-state index contributed by atoms with van der Waals surface area (Å²) in [6, 6.07) is 46.8. The molecule has 0 fully saturated rings. The molecule has 6 aromatic rings. The van der Waals surface area contributed by atoms with Gasteiger partial charge in [0.25, 0.3) is 0 Å². The largest absolute Gasteiger partial charge is 4.00 e. The zero-order valence-electron chi connectivity index (χ0n) is 31.6.